The lowest BCUT2D eigenvalue weighted by molar-refractivity contribution is 0.737. The van der Waals surface area contributed by atoms with Gasteiger partial charge in [0.05, 0.1) is 0 Å². The highest BCUT2D eigenvalue weighted by atomic mass is 79.9. The summed E-state index contributed by atoms with van der Waals surface area (Å²) in [6.45, 7) is 1.10. The molecule has 1 aromatic rings. The first-order valence-electron chi connectivity index (χ1n) is 4.30. The third kappa shape index (κ3) is 1.36. The summed E-state index contributed by atoms with van der Waals surface area (Å²) in [5, 5.41) is 4.51. The third-order valence-corrected chi connectivity index (χ3v) is 2.85. The van der Waals surface area contributed by atoms with E-state index in [9.17, 15) is 0 Å². The topological polar surface area (TPSA) is 12.0 Å². The molecule has 12 heavy (non-hydrogen) atoms. The largest absolute Gasteiger partial charge is 0.384 e. The number of rotatable bonds is 2. The van der Waals surface area contributed by atoms with E-state index in [4.69, 9.17) is 0 Å². The molecule has 0 radical (unpaired) electrons. The minimum atomic E-state index is 0.709. The molecule has 1 aromatic carbocycles. The van der Waals surface area contributed by atoms with Crippen LogP contribution < -0.4 is 5.32 Å². The van der Waals surface area contributed by atoms with Gasteiger partial charge in [0.25, 0.3) is 0 Å². The van der Waals surface area contributed by atoms with Gasteiger partial charge in [0.1, 0.15) is 0 Å². The maximum absolute atomic E-state index is 3.48. The fourth-order valence-electron chi connectivity index (χ4n) is 1.75. The minimum Gasteiger partial charge on any atom is -0.384 e. The second kappa shape index (κ2) is 3.48. The summed E-state index contributed by atoms with van der Waals surface area (Å²) in [5.74, 6) is 0.709. The predicted molar refractivity (Wildman–Crippen MR) is 56.1 cm³/mol. The number of nitrogens with one attached hydrogen (secondary N) is 1. The highest BCUT2D eigenvalue weighted by molar-refractivity contribution is 9.09. The molecular formula is C10H12BrN. The van der Waals surface area contributed by atoms with E-state index >= 15 is 0 Å². The highest BCUT2D eigenvalue weighted by Gasteiger charge is 2.19. The molecule has 1 aliphatic rings. The van der Waals surface area contributed by atoms with Crippen molar-refractivity contribution in [1.82, 2.24) is 0 Å². The monoisotopic (exact) mass is 225 g/mol. The first-order chi connectivity index (χ1) is 5.92. The van der Waals surface area contributed by atoms with Gasteiger partial charge < -0.3 is 5.32 Å². The Kier molecular flexibility index (Phi) is 2.35. The van der Waals surface area contributed by atoms with E-state index in [-0.39, 0.29) is 0 Å². The van der Waals surface area contributed by atoms with Crippen LogP contribution in [0.1, 0.15) is 17.9 Å². The van der Waals surface area contributed by atoms with Crippen LogP contribution in [-0.2, 0) is 0 Å². The van der Waals surface area contributed by atoms with Gasteiger partial charge in [-0.1, -0.05) is 34.1 Å². The molecule has 64 valence electrons. The Morgan fingerprint density at radius 3 is 3.08 bits per heavy atom. The van der Waals surface area contributed by atoms with E-state index in [1.54, 1.807) is 0 Å². The van der Waals surface area contributed by atoms with E-state index in [0.717, 1.165) is 11.9 Å². The SMILES string of the molecule is BrCCC1CNc2ccccc21. The lowest BCUT2D eigenvalue weighted by Gasteiger charge is -2.06. The van der Waals surface area contributed by atoms with Crippen molar-refractivity contribution in [2.24, 2.45) is 0 Å². The molecule has 0 bridgehead atoms. The molecule has 1 N–H and O–H groups in total. The molecule has 2 rings (SSSR count). The van der Waals surface area contributed by atoms with Crippen molar-refractivity contribution >= 4 is 21.6 Å². The molecule has 0 aliphatic carbocycles. The van der Waals surface area contributed by atoms with Gasteiger partial charge in [0.2, 0.25) is 0 Å². The van der Waals surface area contributed by atoms with Crippen LogP contribution in [0.5, 0.6) is 0 Å². The second-order valence-electron chi connectivity index (χ2n) is 3.14. The van der Waals surface area contributed by atoms with Crippen molar-refractivity contribution in [2.75, 3.05) is 17.2 Å². The zero-order chi connectivity index (χ0) is 8.39. The number of anilines is 1. The van der Waals surface area contributed by atoms with E-state index < -0.39 is 0 Å². The number of alkyl halides is 1. The number of halogens is 1. The van der Waals surface area contributed by atoms with Gasteiger partial charge in [-0.05, 0) is 18.1 Å². The van der Waals surface area contributed by atoms with Crippen LogP contribution in [0.4, 0.5) is 5.69 Å². The molecular weight excluding hydrogens is 214 g/mol. The van der Waals surface area contributed by atoms with Gasteiger partial charge in [-0.25, -0.2) is 0 Å². The standard InChI is InChI=1S/C10H12BrN/c11-6-5-8-7-12-10-4-2-1-3-9(8)10/h1-4,8,12H,5-7H2. The highest BCUT2D eigenvalue weighted by Crippen LogP contribution is 2.33. The Morgan fingerprint density at radius 1 is 1.42 bits per heavy atom. The summed E-state index contributed by atoms with van der Waals surface area (Å²) < 4.78 is 0. The quantitative estimate of drug-likeness (QED) is 0.764. The normalized spacial score (nSPS) is 20.2. The molecule has 1 unspecified atom stereocenters. The first kappa shape index (κ1) is 8.11. The summed E-state index contributed by atoms with van der Waals surface area (Å²) in [6.07, 6.45) is 1.23. The van der Waals surface area contributed by atoms with Crippen LogP contribution in [0.3, 0.4) is 0 Å². The van der Waals surface area contributed by atoms with E-state index in [0.29, 0.717) is 5.92 Å². The van der Waals surface area contributed by atoms with Gasteiger partial charge in [0, 0.05) is 23.5 Å². The lowest BCUT2D eigenvalue weighted by Crippen LogP contribution is -2.01. The van der Waals surface area contributed by atoms with Gasteiger partial charge in [-0.15, -0.1) is 0 Å². The second-order valence-corrected chi connectivity index (χ2v) is 3.94. The van der Waals surface area contributed by atoms with Gasteiger partial charge >= 0.3 is 0 Å². The van der Waals surface area contributed by atoms with Crippen LogP contribution in [0.2, 0.25) is 0 Å². The van der Waals surface area contributed by atoms with Gasteiger partial charge in [-0.3, -0.25) is 0 Å². The number of hydrogen-bond donors (Lipinski definition) is 1. The Hall–Kier alpha value is -0.500. The van der Waals surface area contributed by atoms with E-state index in [1.807, 2.05) is 0 Å². The summed E-state index contributed by atoms with van der Waals surface area (Å²) in [7, 11) is 0. The number of fused-ring (bicyclic) bond motifs is 1. The van der Waals surface area contributed by atoms with E-state index in [2.05, 4.69) is 45.5 Å². The molecule has 2 heteroatoms. The summed E-state index contributed by atoms with van der Waals surface area (Å²) in [5.41, 5.74) is 2.81. The van der Waals surface area contributed by atoms with Crippen LogP contribution >= 0.6 is 15.9 Å². The van der Waals surface area contributed by atoms with Crippen molar-refractivity contribution < 1.29 is 0 Å². The first-order valence-corrected chi connectivity index (χ1v) is 5.42. The molecule has 0 saturated carbocycles. The number of hydrogen-bond acceptors (Lipinski definition) is 1. The molecule has 1 atom stereocenters. The molecule has 1 nitrogen and oxygen atoms in total. The van der Waals surface area contributed by atoms with Crippen LogP contribution in [0.25, 0.3) is 0 Å². The van der Waals surface area contributed by atoms with Crippen LogP contribution in [0, 0.1) is 0 Å². The lowest BCUT2D eigenvalue weighted by atomic mass is 9.99. The van der Waals surface area contributed by atoms with Crippen molar-refractivity contribution in [2.45, 2.75) is 12.3 Å². The Morgan fingerprint density at radius 2 is 2.25 bits per heavy atom. The van der Waals surface area contributed by atoms with Crippen molar-refractivity contribution in [3.05, 3.63) is 29.8 Å². The zero-order valence-corrected chi connectivity index (χ0v) is 8.47. The average molecular weight is 226 g/mol. The van der Waals surface area contributed by atoms with E-state index in [1.165, 1.54) is 17.7 Å². The molecule has 0 saturated heterocycles. The summed E-state index contributed by atoms with van der Waals surface area (Å²) in [4.78, 5) is 0. The number of para-hydroxylation sites is 1. The van der Waals surface area contributed by atoms with Crippen molar-refractivity contribution in [1.29, 1.82) is 0 Å². The third-order valence-electron chi connectivity index (χ3n) is 2.40. The molecule has 1 heterocycles. The fourth-order valence-corrected chi connectivity index (χ4v) is 2.30. The zero-order valence-electron chi connectivity index (χ0n) is 6.89. The fraction of sp³-hybridized carbons (Fsp3) is 0.400. The minimum absolute atomic E-state index is 0.709. The maximum Gasteiger partial charge on any atom is 0.0376 e. The number of benzene rings is 1. The molecule has 0 spiro atoms. The van der Waals surface area contributed by atoms with Gasteiger partial charge in [-0.2, -0.15) is 0 Å². The van der Waals surface area contributed by atoms with Crippen molar-refractivity contribution in [3.8, 4) is 0 Å². The van der Waals surface area contributed by atoms with Crippen LogP contribution in [-0.4, -0.2) is 11.9 Å². The Balaban J connectivity index is 2.24. The maximum atomic E-state index is 3.48. The van der Waals surface area contributed by atoms with Crippen LogP contribution in [0.15, 0.2) is 24.3 Å². The Labute approximate surface area is 81.3 Å². The van der Waals surface area contributed by atoms with Crippen molar-refractivity contribution in [3.63, 3.8) is 0 Å². The molecule has 0 fully saturated rings. The molecule has 0 amide bonds. The molecule has 0 aromatic heterocycles. The smallest absolute Gasteiger partial charge is 0.0376 e. The summed E-state index contributed by atoms with van der Waals surface area (Å²) in [6, 6.07) is 8.58. The van der Waals surface area contributed by atoms with Gasteiger partial charge in [0.15, 0.2) is 0 Å². The summed E-state index contributed by atoms with van der Waals surface area (Å²) >= 11 is 3.48. The predicted octanol–water partition coefficient (Wildman–Crippen LogP) is 2.98. The molecule has 1 aliphatic heterocycles. The average Bonchev–Trinajstić information content (AvgIpc) is 2.50. The Bertz CT molecular complexity index is 270.